The van der Waals surface area contributed by atoms with Gasteiger partial charge in [0.1, 0.15) is 0 Å². The van der Waals surface area contributed by atoms with Gasteiger partial charge in [0, 0.05) is 12.6 Å². The molecule has 2 heterocycles. The number of ether oxygens (including phenoxy) is 1. The van der Waals surface area contributed by atoms with Crippen molar-refractivity contribution in [1.29, 1.82) is 0 Å². The summed E-state index contributed by atoms with van der Waals surface area (Å²) in [5.41, 5.74) is -0.327. The van der Waals surface area contributed by atoms with Crippen LogP contribution in [0.1, 0.15) is 32.6 Å². The number of H-pyrrole nitrogens is 1. The fourth-order valence-corrected chi connectivity index (χ4v) is 3.29. The Bertz CT molecular complexity index is 662. The molecule has 1 aromatic heterocycles. The zero-order chi connectivity index (χ0) is 17.1. The predicted molar refractivity (Wildman–Crippen MR) is 86.8 cm³/mol. The second-order valence-electron chi connectivity index (χ2n) is 6.05. The normalized spacial score (nSPS) is 21.5. The third-order valence-corrected chi connectivity index (χ3v) is 5.02. The Morgan fingerprint density at radius 3 is 2.92 bits per heavy atom. The van der Waals surface area contributed by atoms with E-state index in [0.717, 1.165) is 37.4 Å². The van der Waals surface area contributed by atoms with E-state index in [0.29, 0.717) is 18.3 Å². The summed E-state index contributed by atoms with van der Waals surface area (Å²) in [6, 6.07) is -0.294. The molecule has 0 spiro atoms. The number of hydrogen-bond acceptors (Lipinski definition) is 6. The van der Waals surface area contributed by atoms with Crippen LogP contribution in [0, 0.1) is 0 Å². The molecule has 1 saturated heterocycles. The highest BCUT2D eigenvalue weighted by Gasteiger charge is 2.26. The van der Waals surface area contributed by atoms with Crippen molar-refractivity contribution in [2.45, 2.75) is 61.7 Å². The average Bonchev–Trinajstić information content (AvgIpc) is 3.07. The minimum absolute atomic E-state index is 0.00639. The molecule has 3 amide bonds. The second kappa shape index (κ2) is 7.39. The molecule has 0 aromatic carbocycles. The van der Waals surface area contributed by atoms with Crippen LogP contribution in [-0.2, 0) is 16.1 Å². The van der Waals surface area contributed by atoms with Gasteiger partial charge >= 0.3 is 11.7 Å². The second-order valence-corrected chi connectivity index (χ2v) is 7.36. The minimum atomic E-state index is -0.562. The van der Waals surface area contributed by atoms with Crippen molar-refractivity contribution in [1.82, 2.24) is 25.4 Å². The number of carbonyl (C=O) groups excluding carboxylic acids is 2. The van der Waals surface area contributed by atoms with Crippen LogP contribution in [0.25, 0.3) is 0 Å². The summed E-state index contributed by atoms with van der Waals surface area (Å²) in [4.78, 5) is 35.6. The molecule has 2 atom stereocenters. The summed E-state index contributed by atoms with van der Waals surface area (Å²) >= 11 is 1.13. The van der Waals surface area contributed by atoms with Crippen LogP contribution in [-0.4, -0.2) is 50.7 Å². The summed E-state index contributed by atoms with van der Waals surface area (Å²) in [5, 5.41) is 11.2. The molecular weight excluding hydrogens is 334 g/mol. The first-order valence-electron chi connectivity index (χ1n) is 8.07. The highest BCUT2D eigenvalue weighted by Crippen LogP contribution is 2.22. The maximum atomic E-state index is 12.1. The van der Waals surface area contributed by atoms with E-state index in [2.05, 4.69) is 20.8 Å². The number of aromatic amines is 1. The minimum Gasteiger partial charge on any atom is -0.376 e. The Hall–Kier alpha value is -1.81. The van der Waals surface area contributed by atoms with Crippen LogP contribution in [0.2, 0.25) is 0 Å². The molecule has 1 saturated carbocycles. The molecule has 2 unspecified atom stereocenters. The molecule has 2 fully saturated rings. The van der Waals surface area contributed by atoms with Crippen LogP contribution in [0.5, 0.6) is 0 Å². The number of nitrogens with one attached hydrogen (secondary N) is 3. The Kier molecular flexibility index (Phi) is 5.24. The number of thioether (sulfide) groups is 1. The van der Waals surface area contributed by atoms with Gasteiger partial charge in [0.15, 0.2) is 5.16 Å². The van der Waals surface area contributed by atoms with Gasteiger partial charge < -0.3 is 10.1 Å². The Morgan fingerprint density at radius 2 is 2.25 bits per heavy atom. The third-order valence-electron chi connectivity index (χ3n) is 3.93. The standard InChI is InChI=1S/C14H21N5O4S/c1-8(11(20)16-12(21)15-9-4-5-9)24-14-18-17-13(22)19(14)7-10-3-2-6-23-10/h8-10H,2-7H2,1H3,(H,17,22)(H2,15,16,20,21). The van der Waals surface area contributed by atoms with Crippen molar-refractivity contribution in [2.24, 2.45) is 0 Å². The Morgan fingerprint density at radius 1 is 1.46 bits per heavy atom. The molecule has 1 aromatic rings. The number of carbonyl (C=O) groups is 2. The van der Waals surface area contributed by atoms with Crippen LogP contribution in [0.4, 0.5) is 4.79 Å². The Balaban J connectivity index is 1.56. The van der Waals surface area contributed by atoms with Crippen molar-refractivity contribution in [3.05, 3.63) is 10.5 Å². The van der Waals surface area contributed by atoms with Gasteiger partial charge in [0.2, 0.25) is 5.91 Å². The number of urea groups is 1. The van der Waals surface area contributed by atoms with Crippen LogP contribution < -0.4 is 16.3 Å². The maximum absolute atomic E-state index is 12.1. The van der Waals surface area contributed by atoms with E-state index in [1.54, 1.807) is 6.92 Å². The van der Waals surface area contributed by atoms with Crippen LogP contribution in [0.15, 0.2) is 9.95 Å². The number of hydrogen-bond donors (Lipinski definition) is 3. The predicted octanol–water partition coefficient (Wildman–Crippen LogP) is 0.219. The van der Waals surface area contributed by atoms with E-state index in [-0.39, 0.29) is 17.8 Å². The first-order valence-corrected chi connectivity index (χ1v) is 8.95. The van der Waals surface area contributed by atoms with Gasteiger partial charge in [0.05, 0.1) is 17.9 Å². The zero-order valence-corrected chi connectivity index (χ0v) is 14.2. The molecule has 1 aliphatic carbocycles. The zero-order valence-electron chi connectivity index (χ0n) is 13.4. The lowest BCUT2D eigenvalue weighted by Crippen LogP contribution is -2.43. The molecule has 3 N–H and O–H groups in total. The molecule has 10 heteroatoms. The number of imide groups is 1. The lowest BCUT2D eigenvalue weighted by molar-refractivity contribution is -0.119. The first kappa shape index (κ1) is 17.0. The van der Waals surface area contributed by atoms with Gasteiger partial charge in [-0.25, -0.2) is 14.7 Å². The molecular formula is C14H21N5O4S. The third kappa shape index (κ3) is 4.38. The molecule has 1 aliphatic heterocycles. The van der Waals surface area contributed by atoms with Crippen molar-refractivity contribution in [3.63, 3.8) is 0 Å². The van der Waals surface area contributed by atoms with E-state index in [9.17, 15) is 14.4 Å². The number of aromatic nitrogens is 3. The van der Waals surface area contributed by atoms with E-state index in [4.69, 9.17) is 4.74 Å². The molecule has 9 nitrogen and oxygen atoms in total. The maximum Gasteiger partial charge on any atom is 0.344 e. The lowest BCUT2D eigenvalue weighted by Gasteiger charge is -2.13. The number of rotatable bonds is 6. The molecule has 0 radical (unpaired) electrons. The van der Waals surface area contributed by atoms with Gasteiger partial charge in [0.25, 0.3) is 0 Å². The van der Waals surface area contributed by atoms with Crippen molar-refractivity contribution >= 4 is 23.7 Å². The fourth-order valence-electron chi connectivity index (χ4n) is 2.42. The summed E-state index contributed by atoms with van der Waals surface area (Å²) < 4.78 is 7.02. The smallest absolute Gasteiger partial charge is 0.344 e. The monoisotopic (exact) mass is 355 g/mol. The van der Waals surface area contributed by atoms with Gasteiger partial charge in [-0.15, -0.1) is 5.10 Å². The summed E-state index contributed by atoms with van der Waals surface area (Å²) in [7, 11) is 0. The summed E-state index contributed by atoms with van der Waals surface area (Å²) in [5.74, 6) is -0.419. The highest BCUT2D eigenvalue weighted by atomic mass is 32.2. The largest absolute Gasteiger partial charge is 0.376 e. The quantitative estimate of drug-likeness (QED) is 0.628. The van der Waals surface area contributed by atoms with E-state index in [1.165, 1.54) is 4.57 Å². The highest BCUT2D eigenvalue weighted by molar-refractivity contribution is 8.00. The molecule has 0 bridgehead atoms. The summed E-state index contributed by atoms with van der Waals surface area (Å²) in [6.07, 6.45) is 3.78. The molecule has 24 heavy (non-hydrogen) atoms. The SMILES string of the molecule is CC(Sc1n[nH]c(=O)n1CC1CCCO1)C(=O)NC(=O)NC1CC1. The number of amides is 3. The first-order chi connectivity index (χ1) is 11.5. The molecule has 3 rings (SSSR count). The van der Waals surface area contributed by atoms with Gasteiger partial charge in [-0.05, 0) is 32.6 Å². The lowest BCUT2D eigenvalue weighted by atomic mass is 10.2. The van der Waals surface area contributed by atoms with E-state index < -0.39 is 17.2 Å². The average molecular weight is 355 g/mol. The van der Waals surface area contributed by atoms with E-state index in [1.807, 2.05) is 0 Å². The van der Waals surface area contributed by atoms with Gasteiger partial charge in [-0.1, -0.05) is 11.8 Å². The topological polar surface area (TPSA) is 118 Å². The fraction of sp³-hybridized carbons (Fsp3) is 0.714. The van der Waals surface area contributed by atoms with Crippen molar-refractivity contribution in [2.75, 3.05) is 6.61 Å². The molecule has 2 aliphatic rings. The summed E-state index contributed by atoms with van der Waals surface area (Å²) in [6.45, 7) is 2.78. The van der Waals surface area contributed by atoms with E-state index >= 15 is 0 Å². The number of nitrogens with zero attached hydrogens (tertiary/aromatic N) is 2. The molecule has 132 valence electrons. The van der Waals surface area contributed by atoms with Gasteiger partial charge in [-0.3, -0.25) is 14.7 Å². The Labute approximate surface area is 142 Å². The van der Waals surface area contributed by atoms with Crippen LogP contribution >= 0.6 is 11.8 Å². The van der Waals surface area contributed by atoms with Gasteiger partial charge in [-0.2, -0.15) is 0 Å². The van der Waals surface area contributed by atoms with Crippen molar-refractivity contribution < 1.29 is 14.3 Å². The van der Waals surface area contributed by atoms with Crippen LogP contribution in [0.3, 0.4) is 0 Å². The van der Waals surface area contributed by atoms with Crippen molar-refractivity contribution in [3.8, 4) is 0 Å².